The summed E-state index contributed by atoms with van der Waals surface area (Å²) in [5, 5.41) is 4.36. The minimum atomic E-state index is 0.568. The van der Waals surface area contributed by atoms with Crippen LogP contribution in [0.25, 0.3) is 11.1 Å². The summed E-state index contributed by atoms with van der Waals surface area (Å²) in [4.78, 5) is 0. The van der Waals surface area contributed by atoms with E-state index in [1.807, 2.05) is 0 Å². The molecule has 1 N–H and O–H groups in total. The molecule has 1 aliphatic rings. The molecular formula is C19H22ClN. The maximum absolute atomic E-state index is 6.42. The molecule has 1 nitrogen and oxygen atoms in total. The molecule has 2 aromatic rings. The van der Waals surface area contributed by atoms with Crippen LogP contribution in [0.15, 0.2) is 42.5 Å². The fourth-order valence-corrected chi connectivity index (χ4v) is 2.72. The average molecular weight is 300 g/mol. The Labute approximate surface area is 132 Å². The van der Waals surface area contributed by atoms with E-state index in [1.54, 1.807) is 0 Å². The van der Waals surface area contributed by atoms with E-state index in [-0.39, 0.29) is 0 Å². The van der Waals surface area contributed by atoms with Gasteiger partial charge in [0.1, 0.15) is 0 Å². The zero-order valence-corrected chi connectivity index (χ0v) is 13.5. The predicted octanol–water partition coefficient (Wildman–Crippen LogP) is 5.38. The van der Waals surface area contributed by atoms with Crippen molar-refractivity contribution in [3.05, 3.63) is 58.6 Å². The molecule has 0 amide bonds. The molecule has 0 heterocycles. The zero-order chi connectivity index (χ0) is 14.8. The van der Waals surface area contributed by atoms with Crippen LogP contribution in [0.3, 0.4) is 0 Å². The number of halogens is 1. The van der Waals surface area contributed by atoms with Crippen LogP contribution in [0.5, 0.6) is 0 Å². The van der Waals surface area contributed by atoms with Gasteiger partial charge in [0.25, 0.3) is 0 Å². The molecule has 21 heavy (non-hydrogen) atoms. The highest BCUT2D eigenvalue weighted by molar-refractivity contribution is 6.31. The maximum atomic E-state index is 6.42. The molecule has 0 aliphatic heterocycles. The van der Waals surface area contributed by atoms with Crippen molar-refractivity contribution in [2.75, 3.05) is 0 Å². The minimum Gasteiger partial charge on any atom is -0.310 e. The summed E-state index contributed by atoms with van der Waals surface area (Å²) in [6, 6.07) is 15.9. The Bertz CT molecular complexity index is 612. The monoisotopic (exact) mass is 299 g/mol. The summed E-state index contributed by atoms with van der Waals surface area (Å²) in [6.07, 6.45) is 2.61. The van der Waals surface area contributed by atoms with E-state index in [9.17, 15) is 0 Å². The van der Waals surface area contributed by atoms with E-state index in [0.717, 1.165) is 11.6 Å². The molecule has 0 spiro atoms. The van der Waals surface area contributed by atoms with Gasteiger partial charge in [0.05, 0.1) is 0 Å². The normalized spacial score (nSPS) is 14.7. The fraction of sp³-hybridized carbons (Fsp3) is 0.368. The molecule has 0 atom stereocenters. The third-order valence-corrected chi connectivity index (χ3v) is 4.47. The van der Waals surface area contributed by atoms with Gasteiger partial charge in [-0.1, -0.05) is 61.8 Å². The number of rotatable bonds is 5. The van der Waals surface area contributed by atoms with Gasteiger partial charge in [-0.3, -0.25) is 0 Å². The second kappa shape index (κ2) is 6.21. The topological polar surface area (TPSA) is 12.0 Å². The smallest absolute Gasteiger partial charge is 0.0457 e. The van der Waals surface area contributed by atoms with Gasteiger partial charge in [-0.05, 0) is 47.1 Å². The Morgan fingerprint density at radius 3 is 2.29 bits per heavy atom. The van der Waals surface area contributed by atoms with E-state index < -0.39 is 0 Å². The highest BCUT2D eigenvalue weighted by atomic mass is 35.5. The average Bonchev–Trinajstić information content (AvgIpc) is 3.30. The van der Waals surface area contributed by atoms with Crippen LogP contribution in [0, 0.1) is 0 Å². The summed E-state index contributed by atoms with van der Waals surface area (Å²) in [5.74, 6) is 0.568. The van der Waals surface area contributed by atoms with Crippen molar-refractivity contribution in [3.63, 3.8) is 0 Å². The SMILES string of the molecule is CC(C)c1ccc(-c2ccc(CNC3CC3)c(Cl)c2)cc1. The number of nitrogens with one attached hydrogen (secondary N) is 1. The Morgan fingerprint density at radius 1 is 1.05 bits per heavy atom. The Morgan fingerprint density at radius 2 is 1.71 bits per heavy atom. The Kier molecular flexibility index (Phi) is 4.32. The molecule has 0 aromatic heterocycles. The predicted molar refractivity (Wildman–Crippen MR) is 90.8 cm³/mol. The van der Waals surface area contributed by atoms with E-state index in [4.69, 9.17) is 11.6 Å². The second-order valence-corrected chi connectivity index (χ2v) is 6.65. The van der Waals surface area contributed by atoms with Crippen molar-refractivity contribution in [3.8, 4) is 11.1 Å². The van der Waals surface area contributed by atoms with Crippen LogP contribution in [0.2, 0.25) is 5.02 Å². The lowest BCUT2D eigenvalue weighted by atomic mass is 9.98. The summed E-state index contributed by atoms with van der Waals surface area (Å²) < 4.78 is 0. The first kappa shape index (κ1) is 14.6. The standard InChI is InChI=1S/C19H22ClN/c1-13(2)14-3-5-15(6-4-14)16-7-8-17(19(20)11-16)12-21-18-9-10-18/h3-8,11,13,18,21H,9-10,12H2,1-2H3. The molecular weight excluding hydrogens is 278 g/mol. The van der Waals surface area contributed by atoms with Crippen LogP contribution in [-0.2, 0) is 6.54 Å². The van der Waals surface area contributed by atoms with Crippen molar-refractivity contribution in [2.45, 2.75) is 45.2 Å². The molecule has 1 fully saturated rings. The van der Waals surface area contributed by atoms with Crippen LogP contribution < -0.4 is 5.32 Å². The Hall–Kier alpha value is -1.31. The number of hydrogen-bond acceptors (Lipinski definition) is 1. The summed E-state index contributed by atoms with van der Waals surface area (Å²) >= 11 is 6.42. The molecule has 0 bridgehead atoms. The van der Waals surface area contributed by atoms with E-state index in [1.165, 1.54) is 35.1 Å². The van der Waals surface area contributed by atoms with Crippen molar-refractivity contribution in [1.29, 1.82) is 0 Å². The van der Waals surface area contributed by atoms with Crippen molar-refractivity contribution in [1.82, 2.24) is 5.32 Å². The van der Waals surface area contributed by atoms with Gasteiger partial charge in [-0.15, -0.1) is 0 Å². The van der Waals surface area contributed by atoms with Gasteiger partial charge in [0, 0.05) is 17.6 Å². The van der Waals surface area contributed by atoms with Gasteiger partial charge in [-0.25, -0.2) is 0 Å². The largest absolute Gasteiger partial charge is 0.310 e. The highest BCUT2D eigenvalue weighted by Gasteiger charge is 2.20. The maximum Gasteiger partial charge on any atom is 0.0457 e. The molecule has 0 unspecified atom stereocenters. The molecule has 0 saturated heterocycles. The van der Waals surface area contributed by atoms with E-state index in [0.29, 0.717) is 12.0 Å². The lowest BCUT2D eigenvalue weighted by Gasteiger charge is -2.10. The summed E-state index contributed by atoms with van der Waals surface area (Å²) in [5.41, 5.74) is 4.97. The molecule has 2 aromatic carbocycles. The van der Waals surface area contributed by atoms with Gasteiger partial charge < -0.3 is 5.32 Å². The van der Waals surface area contributed by atoms with Crippen LogP contribution in [0.1, 0.15) is 43.7 Å². The molecule has 3 rings (SSSR count). The van der Waals surface area contributed by atoms with E-state index in [2.05, 4.69) is 61.6 Å². The molecule has 110 valence electrons. The first-order valence-corrected chi connectivity index (χ1v) is 8.13. The lowest BCUT2D eigenvalue weighted by Crippen LogP contribution is -2.15. The van der Waals surface area contributed by atoms with Gasteiger partial charge in [-0.2, -0.15) is 0 Å². The minimum absolute atomic E-state index is 0.568. The third kappa shape index (κ3) is 3.66. The van der Waals surface area contributed by atoms with Crippen LogP contribution in [-0.4, -0.2) is 6.04 Å². The Balaban J connectivity index is 1.76. The van der Waals surface area contributed by atoms with Crippen molar-refractivity contribution in [2.24, 2.45) is 0 Å². The highest BCUT2D eigenvalue weighted by Crippen LogP contribution is 2.28. The molecule has 2 heteroatoms. The summed E-state index contributed by atoms with van der Waals surface area (Å²) in [7, 11) is 0. The van der Waals surface area contributed by atoms with Crippen molar-refractivity contribution < 1.29 is 0 Å². The van der Waals surface area contributed by atoms with Gasteiger partial charge in [0.15, 0.2) is 0 Å². The van der Waals surface area contributed by atoms with Crippen molar-refractivity contribution >= 4 is 11.6 Å². The molecule has 0 radical (unpaired) electrons. The van der Waals surface area contributed by atoms with Crippen LogP contribution in [0.4, 0.5) is 0 Å². The molecule has 1 saturated carbocycles. The summed E-state index contributed by atoms with van der Waals surface area (Å²) in [6.45, 7) is 5.30. The number of benzene rings is 2. The second-order valence-electron chi connectivity index (χ2n) is 6.24. The zero-order valence-electron chi connectivity index (χ0n) is 12.7. The van der Waals surface area contributed by atoms with Gasteiger partial charge >= 0.3 is 0 Å². The number of hydrogen-bond donors (Lipinski definition) is 1. The lowest BCUT2D eigenvalue weighted by molar-refractivity contribution is 0.688. The van der Waals surface area contributed by atoms with Crippen LogP contribution >= 0.6 is 11.6 Å². The fourth-order valence-electron chi connectivity index (χ4n) is 2.47. The van der Waals surface area contributed by atoms with Gasteiger partial charge in [0.2, 0.25) is 0 Å². The molecule has 1 aliphatic carbocycles. The first-order chi connectivity index (χ1) is 10.1. The van der Waals surface area contributed by atoms with E-state index >= 15 is 0 Å². The third-order valence-electron chi connectivity index (χ3n) is 4.12. The quantitative estimate of drug-likeness (QED) is 0.781. The first-order valence-electron chi connectivity index (χ1n) is 7.75.